The molecule has 1 saturated heterocycles. The third-order valence-electron chi connectivity index (χ3n) is 5.47. The zero-order valence-corrected chi connectivity index (χ0v) is 19.6. The summed E-state index contributed by atoms with van der Waals surface area (Å²) >= 11 is 3.06. The van der Waals surface area contributed by atoms with Gasteiger partial charge in [-0.2, -0.15) is 0 Å². The molecule has 0 aliphatic carbocycles. The second kappa shape index (κ2) is 10.3. The molecule has 2 aromatic carbocycles. The molecule has 1 fully saturated rings. The number of ether oxygens (including phenoxy) is 1. The van der Waals surface area contributed by atoms with Crippen LogP contribution in [0.2, 0.25) is 0 Å². The highest BCUT2D eigenvalue weighted by Gasteiger charge is 2.28. The highest BCUT2D eigenvalue weighted by atomic mass is 32.2. The van der Waals surface area contributed by atoms with Crippen LogP contribution in [0.1, 0.15) is 23.7 Å². The number of carbonyl (C=O) groups excluding carboxylic acids is 1. The van der Waals surface area contributed by atoms with E-state index >= 15 is 0 Å². The summed E-state index contributed by atoms with van der Waals surface area (Å²) in [6.45, 7) is 1.46. The summed E-state index contributed by atoms with van der Waals surface area (Å²) in [6.07, 6.45) is 2.21. The van der Waals surface area contributed by atoms with Crippen LogP contribution < -0.4 is 5.32 Å². The lowest BCUT2D eigenvalue weighted by Gasteiger charge is -2.19. The molecule has 8 heteroatoms. The number of rotatable bonds is 8. The number of amides is 1. The summed E-state index contributed by atoms with van der Waals surface area (Å²) in [5, 5.41) is 14.3. The standard InChI is InChI=1S/C25H24N4O2S2/c30-24(26-19-11-5-2-6-12-19)22(18-9-3-1-4-10-18)33-25-28-27-23(21-14-8-16-32-21)29(25)17-20-13-7-15-31-20/h1-6,8-12,14,16,20,22H,7,13,15,17H2,(H,26,30). The zero-order chi connectivity index (χ0) is 22.5. The number of hydrogen-bond donors (Lipinski definition) is 1. The topological polar surface area (TPSA) is 69.0 Å². The van der Waals surface area contributed by atoms with Gasteiger partial charge in [0, 0.05) is 12.3 Å². The lowest BCUT2D eigenvalue weighted by Crippen LogP contribution is -2.21. The van der Waals surface area contributed by atoms with E-state index in [4.69, 9.17) is 4.74 Å². The van der Waals surface area contributed by atoms with Crippen molar-refractivity contribution >= 4 is 34.7 Å². The second-order valence-corrected chi connectivity index (χ2v) is 9.81. The quantitative estimate of drug-likeness (QED) is 0.333. The fraction of sp³-hybridized carbons (Fsp3) is 0.240. The average molecular weight is 477 g/mol. The van der Waals surface area contributed by atoms with Crippen molar-refractivity contribution in [3.05, 3.63) is 83.7 Å². The Labute approximate surface area is 201 Å². The van der Waals surface area contributed by atoms with Gasteiger partial charge in [-0.05, 0) is 42.0 Å². The molecule has 0 spiro atoms. The minimum absolute atomic E-state index is 0.0956. The van der Waals surface area contributed by atoms with E-state index in [9.17, 15) is 4.79 Å². The first kappa shape index (κ1) is 21.9. The van der Waals surface area contributed by atoms with Crippen molar-refractivity contribution in [1.29, 1.82) is 0 Å². The normalized spacial score (nSPS) is 16.5. The van der Waals surface area contributed by atoms with Gasteiger partial charge in [0.25, 0.3) is 0 Å². The van der Waals surface area contributed by atoms with E-state index in [2.05, 4.69) is 20.1 Å². The first-order chi connectivity index (χ1) is 16.3. The summed E-state index contributed by atoms with van der Waals surface area (Å²) in [5.74, 6) is 0.722. The highest BCUT2D eigenvalue weighted by Crippen LogP contribution is 2.38. The van der Waals surface area contributed by atoms with Gasteiger partial charge in [0.05, 0.1) is 17.5 Å². The summed E-state index contributed by atoms with van der Waals surface area (Å²) in [6, 6.07) is 23.4. The van der Waals surface area contributed by atoms with Crippen molar-refractivity contribution < 1.29 is 9.53 Å². The van der Waals surface area contributed by atoms with E-state index < -0.39 is 5.25 Å². The van der Waals surface area contributed by atoms with Crippen LogP contribution in [0, 0.1) is 0 Å². The summed E-state index contributed by atoms with van der Waals surface area (Å²) in [7, 11) is 0. The fourth-order valence-electron chi connectivity index (χ4n) is 3.86. The van der Waals surface area contributed by atoms with Gasteiger partial charge >= 0.3 is 0 Å². The first-order valence-electron chi connectivity index (χ1n) is 10.9. The third-order valence-corrected chi connectivity index (χ3v) is 7.57. The molecule has 1 amide bonds. The maximum absolute atomic E-state index is 13.4. The molecule has 3 heterocycles. The van der Waals surface area contributed by atoms with Gasteiger partial charge in [-0.3, -0.25) is 9.36 Å². The number of aromatic nitrogens is 3. The molecule has 2 unspecified atom stereocenters. The number of para-hydroxylation sites is 1. The molecule has 0 saturated carbocycles. The average Bonchev–Trinajstić information content (AvgIpc) is 3.62. The van der Waals surface area contributed by atoms with E-state index in [0.717, 1.165) is 41.4 Å². The zero-order valence-electron chi connectivity index (χ0n) is 18.0. The molecule has 0 radical (unpaired) electrons. The SMILES string of the molecule is O=C(Nc1ccccc1)C(Sc1nnc(-c2cccs2)n1CC1CCCO1)c1ccccc1. The molecule has 33 heavy (non-hydrogen) atoms. The van der Waals surface area contributed by atoms with Crippen LogP contribution in [-0.2, 0) is 16.1 Å². The summed E-state index contributed by atoms with van der Waals surface area (Å²) in [5.41, 5.74) is 1.68. The number of thioether (sulfide) groups is 1. The Hall–Kier alpha value is -2.94. The number of hydrogen-bond acceptors (Lipinski definition) is 6. The number of thiophene rings is 1. The van der Waals surface area contributed by atoms with Crippen LogP contribution in [-0.4, -0.2) is 33.4 Å². The minimum Gasteiger partial charge on any atom is -0.376 e. The Morgan fingerprint density at radius 1 is 1.09 bits per heavy atom. The molecular weight excluding hydrogens is 452 g/mol. The van der Waals surface area contributed by atoms with Gasteiger partial charge in [0.2, 0.25) is 5.91 Å². The molecule has 168 valence electrons. The van der Waals surface area contributed by atoms with E-state index in [1.54, 1.807) is 11.3 Å². The van der Waals surface area contributed by atoms with E-state index in [1.807, 2.05) is 78.2 Å². The number of nitrogens with zero attached hydrogens (tertiary/aromatic N) is 3. The van der Waals surface area contributed by atoms with Gasteiger partial charge in [0.1, 0.15) is 5.25 Å². The predicted octanol–water partition coefficient (Wildman–Crippen LogP) is 5.66. The van der Waals surface area contributed by atoms with Crippen molar-refractivity contribution in [1.82, 2.24) is 14.8 Å². The van der Waals surface area contributed by atoms with E-state index in [-0.39, 0.29) is 12.0 Å². The van der Waals surface area contributed by atoms with Crippen LogP contribution >= 0.6 is 23.1 Å². The van der Waals surface area contributed by atoms with Crippen molar-refractivity contribution in [2.24, 2.45) is 0 Å². The molecule has 1 aliphatic rings. The first-order valence-corrected chi connectivity index (χ1v) is 12.7. The Morgan fingerprint density at radius 3 is 2.58 bits per heavy atom. The van der Waals surface area contributed by atoms with Gasteiger partial charge < -0.3 is 10.1 Å². The van der Waals surface area contributed by atoms with Crippen LogP contribution in [0.3, 0.4) is 0 Å². The number of anilines is 1. The lowest BCUT2D eigenvalue weighted by molar-refractivity contribution is -0.115. The lowest BCUT2D eigenvalue weighted by atomic mass is 10.1. The minimum atomic E-state index is -0.477. The maximum atomic E-state index is 13.4. The smallest absolute Gasteiger partial charge is 0.242 e. The van der Waals surface area contributed by atoms with Crippen LogP contribution in [0.5, 0.6) is 0 Å². The third kappa shape index (κ3) is 5.19. The van der Waals surface area contributed by atoms with Crippen molar-refractivity contribution in [3.8, 4) is 10.7 Å². The Kier molecular flexibility index (Phi) is 6.85. The van der Waals surface area contributed by atoms with Crippen LogP contribution in [0.4, 0.5) is 5.69 Å². The van der Waals surface area contributed by atoms with Gasteiger partial charge in [-0.1, -0.05) is 66.4 Å². The largest absolute Gasteiger partial charge is 0.376 e. The number of carbonyl (C=O) groups is 1. The van der Waals surface area contributed by atoms with Gasteiger partial charge in [-0.15, -0.1) is 21.5 Å². The summed E-state index contributed by atoms with van der Waals surface area (Å²) in [4.78, 5) is 14.4. The number of benzene rings is 2. The summed E-state index contributed by atoms with van der Waals surface area (Å²) < 4.78 is 8.02. The predicted molar refractivity (Wildman–Crippen MR) is 132 cm³/mol. The van der Waals surface area contributed by atoms with Gasteiger partial charge in [-0.25, -0.2) is 0 Å². The Balaban J connectivity index is 1.47. The molecule has 0 bridgehead atoms. The molecule has 6 nitrogen and oxygen atoms in total. The van der Waals surface area contributed by atoms with E-state index in [1.165, 1.54) is 11.8 Å². The fourth-order valence-corrected chi connectivity index (χ4v) is 5.62. The highest BCUT2D eigenvalue weighted by molar-refractivity contribution is 8.00. The molecule has 2 aromatic heterocycles. The molecule has 1 aliphatic heterocycles. The maximum Gasteiger partial charge on any atom is 0.242 e. The van der Waals surface area contributed by atoms with Crippen molar-refractivity contribution in [2.45, 2.75) is 35.9 Å². The molecular formula is C25H24N4O2S2. The number of nitrogens with one attached hydrogen (secondary N) is 1. The molecule has 5 rings (SSSR count). The Bertz CT molecular complexity index is 1170. The van der Waals surface area contributed by atoms with E-state index in [0.29, 0.717) is 11.7 Å². The Morgan fingerprint density at radius 2 is 1.88 bits per heavy atom. The van der Waals surface area contributed by atoms with Crippen molar-refractivity contribution in [2.75, 3.05) is 11.9 Å². The molecule has 2 atom stereocenters. The monoisotopic (exact) mass is 476 g/mol. The van der Waals surface area contributed by atoms with Crippen molar-refractivity contribution in [3.63, 3.8) is 0 Å². The molecule has 4 aromatic rings. The van der Waals surface area contributed by atoms with Gasteiger partial charge in [0.15, 0.2) is 11.0 Å². The van der Waals surface area contributed by atoms with Crippen LogP contribution in [0.25, 0.3) is 10.7 Å². The molecule has 1 N–H and O–H groups in total. The second-order valence-electron chi connectivity index (χ2n) is 7.79. The van der Waals surface area contributed by atoms with Crippen LogP contribution in [0.15, 0.2) is 83.3 Å².